The normalized spacial score (nSPS) is 18.9. The Bertz CT molecular complexity index is 362. The smallest absolute Gasteiger partial charge is 0.0350 e. The van der Waals surface area contributed by atoms with Gasteiger partial charge in [-0.2, -0.15) is 0 Å². The molecule has 1 nitrogen and oxygen atoms in total. The molecule has 0 heterocycles. The fraction of sp³-hybridized carbons (Fsp3) is 0.647. The molecular formula is C17H27N. The monoisotopic (exact) mass is 245 g/mol. The van der Waals surface area contributed by atoms with Crippen molar-refractivity contribution < 1.29 is 0 Å². The second-order valence-electron chi connectivity index (χ2n) is 6.42. The highest BCUT2D eigenvalue weighted by atomic mass is 15.0. The third-order valence-electron chi connectivity index (χ3n) is 3.82. The number of hydrogen-bond acceptors (Lipinski definition) is 1. The summed E-state index contributed by atoms with van der Waals surface area (Å²) in [6.07, 6.45) is 4.04. The predicted octanol–water partition coefficient (Wildman–Crippen LogP) is 4.47. The van der Waals surface area contributed by atoms with Gasteiger partial charge in [-0.05, 0) is 50.5 Å². The van der Waals surface area contributed by atoms with Crippen molar-refractivity contribution in [3.05, 3.63) is 35.4 Å². The predicted molar refractivity (Wildman–Crippen MR) is 78.7 cm³/mol. The Labute approximate surface area is 112 Å². The molecule has 0 aromatic heterocycles. The summed E-state index contributed by atoms with van der Waals surface area (Å²) in [6, 6.07) is 10.2. The lowest BCUT2D eigenvalue weighted by molar-refractivity contribution is 0.372. The summed E-state index contributed by atoms with van der Waals surface area (Å²) >= 11 is 0. The average Bonchev–Trinajstić information content (AvgIpc) is 3.10. The molecule has 1 N–H and O–H groups in total. The highest BCUT2D eigenvalue weighted by Gasteiger charge is 2.32. The van der Waals surface area contributed by atoms with E-state index in [9.17, 15) is 0 Å². The number of nitrogens with one attached hydrogen (secondary N) is 1. The van der Waals surface area contributed by atoms with E-state index in [2.05, 4.69) is 57.3 Å². The Hall–Kier alpha value is -0.820. The number of aryl methyl sites for hydroxylation is 1. The van der Waals surface area contributed by atoms with Crippen LogP contribution >= 0.6 is 0 Å². The summed E-state index contributed by atoms with van der Waals surface area (Å²) in [5.41, 5.74) is 2.82. The molecule has 0 radical (unpaired) electrons. The molecule has 1 fully saturated rings. The first-order chi connectivity index (χ1) is 8.56. The van der Waals surface area contributed by atoms with E-state index in [-0.39, 0.29) is 0 Å². The summed E-state index contributed by atoms with van der Waals surface area (Å²) in [7, 11) is 0. The van der Waals surface area contributed by atoms with Crippen LogP contribution in [0.2, 0.25) is 0 Å². The second-order valence-corrected chi connectivity index (χ2v) is 6.42. The molecule has 0 aliphatic heterocycles. The summed E-state index contributed by atoms with van der Waals surface area (Å²) < 4.78 is 0. The fourth-order valence-corrected chi connectivity index (χ4v) is 2.79. The molecule has 18 heavy (non-hydrogen) atoms. The minimum atomic E-state index is 0.569. The van der Waals surface area contributed by atoms with Crippen molar-refractivity contribution in [2.24, 2.45) is 11.8 Å². The molecule has 2 unspecified atom stereocenters. The third kappa shape index (κ3) is 3.84. The Morgan fingerprint density at radius 1 is 1.11 bits per heavy atom. The Balaban J connectivity index is 2.02. The third-order valence-corrected chi connectivity index (χ3v) is 3.82. The van der Waals surface area contributed by atoms with Crippen LogP contribution < -0.4 is 5.32 Å². The average molecular weight is 245 g/mol. The summed E-state index contributed by atoms with van der Waals surface area (Å²) in [6.45, 7) is 9.08. The standard InChI is InChI=1S/C17H27N/c1-12(2)11-14(4)18-17(16-9-10-16)15-7-5-13(3)6-8-15/h5-8,12,14,16-18H,9-11H2,1-4H3. The van der Waals surface area contributed by atoms with Crippen LogP contribution in [-0.2, 0) is 0 Å². The Morgan fingerprint density at radius 3 is 2.22 bits per heavy atom. The van der Waals surface area contributed by atoms with E-state index < -0.39 is 0 Å². The molecule has 1 aromatic rings. The van der Waals surface area contributed by atoms with E-state index >= 15 is 0 Å². The maximum absolute atomic E-state index is 3.85. The van der Waals surface area contributed by atoms with Crippen molar-refractivity contribution in [2.45, 2.75) is 59.0 Å². The maximum Gasteiger partial charge on any atom is 0.0350 e. The summed E-state index contributed by atoms with van der Waals surface area (Å²) in [5, 5.41) is 3.85. The molecule has 1 aromatic carbocycles. The molecule has 0 saturated heterocycles. The van der Waals surface area contributed by atoms with Gasteiger partial charge in [0, 0.05) is 12.1 Å². The lowest BCUT2D eigenvalue weighted by Gasteiger charge is -2.25. The Morgan fingerprint density at radius 2 is 1.72 bits per heavy atom. The minimum absolute atomic E-state index is 0.569. The van der Waals surface area contributed by atoms with Gasteiger partial charge in [0.15, 0.2) is 0 Å². The van der Waals surface area contributed by atoms with Gasteiger partial charge in [0.2, 0.25) is 0 Å². The van der Waals surface area contributed by atoms with Crippen LogP contribution in [0.5, 0.6) is 0 Å². The van der Waals surface area contributed by atoms with Crippen LogP contribution in [0.25, 0.3) is 0 Å². The SMILES string of the molecule is Cc1ccc(C(NC(C)CC(C)C)C2CC2)cc1. The largest absolute Gasteiger partial charge is 0.307 e. The summed E-state index contributed by atoms with van der Waals surface area (Å²) in [5.74, 6) is 1.63. The van der Waals surface area contributed by atoms with Gasteiger partial charge in [-0.15, -0.1) is 0 Å². The zero-order valence-corrected chi connectivity index (χ0v) is 12.2. The zero-order chi connectivity index (χ0) is 13.1. The molecule has 1 heteroatoms. The second kappa shape index (κ2) is 5.88. The van der Waals surface area contributed by atoms with Gasteiger partial charge in [-0.1, -0.05) is 43.7 Å². The van der Waals surface area contributed by atoms with Crippen LogP contribution in [-0.4, -0.2) is 6.04 Å². The summed E-state index contributed by atoms with van der Waals surface area (Å²) in [4.78, 5) is 0. The van der Waals surface area contributed by atoms with E-state index in [1.165, 1.54) is 30.4 Å². The van der Waals surface area contributed by atoms with Crippen molar-refractivity contribution in [3.63, 3.8) is 0 Å². The molecule has 1 aliphatic carbocycles. The maximum atomic E-state index is 3.85. The molecule has 100 valence electrons. The molecule has 2 atom stereocenters. The van der Waals surface area contributed by atoms with E-state index in [1.807, 2.05) is 0 Å². The van der Waals surface area contributed by atoms with E-state index in [0.717, 1.165) is 11.8 Å². The lowest BCUT2D eigenvalue weighted by Crippen LogP contribution is -2.32. The number of rotatable bonds is 6. The molecule has 2 rings (SSSR count). The van der Waals surface area contributed by atoms with Crippen LogP contribution in [0.15, 0.2) is 24.3 Å². The molecule has 0 amide bonds. The van der Waals surface area contributed by atoms with Crippen LogP contribution in [0.3, 0.4) is 0 Å². The highest BCUT2D eigenvalue weighted by molar-refractivity contribution is 5.25. The zero-order valence-electron chi connectivity index (χ0n) is 12.2. The molecule has 1 saturated carbocycles. The quantitative estimate of drug-likeness (QED) is 0.779. The lowest BCUT2D eigenvalue weighted by atomic mass is 9.98. The fourth-order valence-electron chi connectivity index (χ4n) is 2.79. The van der Waals surface area contributed by atoms with Gasteiger partial charge in [0.05, 0.1) is 0 Å². The number of benzene rings is 1. The minimum Gasteiger partial charge on any atom is -0.307 e. The van der Waals surface area contributed by atoms with Crippen LogP contribution in [0, 0.1) is 18.8 Å². The van der Waals surface area contributed by atoms with Gasteiger partial charge in [-0.3, -0.25) is 0 Å². The van der Waals surface area contributed by atoms with Gasteiger partial charge < -0.3 is 5.32 Å². The van der Waals surface area contributed by atoms with E-state index in [4.69, 9.17) is 0 Å². The van der Waals surface area contributed by atoms with Crippen LogP contribution in [0.1, 0.15) is 57.2 Å². The molecule has 0 bridgehead atoms. The molecular weight excluding hydrogens is 218 g/mol. The number of hydrogen-bond donors (Lipinski definition) is 1. The van der Waals surface area contributed by atoms with Crippen LogP contribution in [0.4, 0.5) is 0 Å². The topological polar surface area (TPSA) is 12.0 Å². The van der Waals surface area contributed by atoms with Gasteiger partial charge in [0.1, 0.15) is 0 Å². The van der Waals surface area contributed by atoms with E-state index in [1.54, 1.807) is 0 Å². The van der Waals surface area contributed by atoms with Gasteiger partial charge in [-0.25, -0.2) is 0 Å². The van der Waals surface area contributed by atoms with Gasteiger partial charge in [0.25, 0.3) is 0 Å². The first-order valence-corrected chi connectivity index (χ1v) is 7.39. The van der Waals surface area contributed by atoms with Crippen molar-refractivity contribution in [1.29, 1.82) is 0 Å². The van der Waals surface area contributed by atoms with Crippen molar-refractivity contribution in [1.82, 2.24) is 5.32 Å². The first-order valence-electron chi connectivity index (χ1n) is 7.39. The van der Waals surface area contributed by atoms with Gasteiger partial charge >= 0.3 is 0 Å². The van der Waals surface area contributed by atoms with Crippen molar-refractivity contribution in [2.75, 3.05) is 0 Å². The van der Waals surface area contributed by atoms with E-state index in [0.29, 0.717) is 12.1 Å². The highest BCUT2D eigenvalue weighted by Crippen LogP contribution is 2.41. The van der Waals surface area contributed by atoms with Crippen molar-refractivity contribution >= 4 is 0 Å². The molecule has 0 spiro atoms. The first kappa shape index (κ1) is 13.6. The molecule has 1 aliphatic rings. The Kier molecular flexibility index (Phi) is 4.45. The van der Waals surface area contributed by atoms with Crippen molar-refractivity contribution in [3.8, 4) is 0 Å².